The number of rotatable bonds is 5. The summed E-state index contributed by atoms with van der Waals surface area (Å²) in [5, 5.41) is 0. The predicted molar refractivity (Wildman–Crippen MR) is 39.0 cm³/mol. The Labute approximate surface area is 69.6 Å². The molecule has 0 bridgehead atoms. The molecule has 0 aromatic rings. The Morgan fingerprint density at radius 3 is 1.22 bits per heavy atom. The predicted octanol–water partition coefficient (Wildman–Crippen LogP) is 3.36. The Morgan fingerprint density at radius 1 is 0.667 bits per heavy atom. The summed E-state index contributed by atoms with van der Waals surface area (Å²) in [4.78, 5) is 0. The maximum Gasteiger partial charge on any atom is 0 e. The minimum Gasteiger partial charge on any atom is -0.0654 e. The molecule has 0 aliphatic heterocycles. The quantitative estimate of drug-likeness (QED) is 0.559. The molecule has 0 aliphatic carbocycles. The summed E-state index contributed by atoms with van der Waals surface area (Å²) in [6, 6.07) is 0. The Hall–Kier alpha value is 0.506. The van der Waals surface area contributed by atoms with Crippen LogP contribution >= 0.6 is 0 Å². The zero-order valence-electron chi connectivity index (χ0n) is 6.58. The molecule has 0 saturated heterocycles. The molecule has 59 valence electrons. The zero-order valence-corrected chi connectivity index (χ0v) is 7.62. The third-order valence-electron chi connectivity index (χ3n) is 1.46. The molecule has 0 amide bonds. The van der Waals surface area contributed by atoms with Crippen LogP contribution in [0.2, 0.25) is 0 Å². The zero-order chi connectivity index (χ0) is 6.24. The normalized spacial score (nSPS) is 8.67. The fraction of sp³-hybridized carbons (Fsp3) is 1.00. The molecule has 1 radical (unpaired) electrons. The van der Waals surface area contributed by atoms with E-state index in [-0.39, 0.29) is 16.8 Å². The van der Waals surface area contributed by atoms with E-state index in [1.165, 1.54) is 38.5 Å². The van der Waals surface area contributed by atoms with Crippen molar-refractivity contribution in [2.75, 3.05) is 0 Å². The van der Waals surface area contributed by atoms with E-state index in [2.05, 4.69) is 13.8 Å². The molecule has 0 nitrogen and oxygen atoms in total. The molecule has 0 unspecified atom stereocenters. The van der Waals surface area contributed by atoms with Crippen LogP contribution < -0.4 is 0 Å². The third-order valence-corrected chi connectivity index (χ3v) is 1.46. The van der Waals surface area contributed by atoms with Gasteiger partial charge in [-0.3, -0.25) is 0 Å². The summed E-state index contributed by atoms with van der Waals surface area (Å²) in [6.45, 7) is 4.51. The SMILES string of the molecule is CCCCCCCC.[Co]. The maximum absolute atomic E-state index is 2.26. The van der Waals surface area contributed by atoms with Gasteiger partial charge in [0.25, 0.3) is 0 Å². The van der Waals surface area contributed by atoms with Crippen LogP contribution in [0.15, 0.2) is 0 Å². The van der Waals surface area contributed by atoms with E-state index in [9.17, 15) is 0 Å². The Balaban J connectivity index is 0. The smallest absolute Gasteiger partial charge is 0 e. The van der Waals surface area contributed by atoms with Crippen LogP contribution in [0.25, 0.3) is 0 Å². The van der Waals surface area contributed by atoms with E-state index in [4.69, 9.17) is 0 Å². The molecule has 0 spiro atoms. The van der Waals surface area contributed by atoms with Crippen LogP contribution in [0, 0.1) is 0 Å². The van der Waals surface area contributed by atoms with Gasteiger partial charge in [0, 0.05) is 16.8 Å². The molecule has 9 heavy (non-hydrogen) atoms. The van der Waals surface area contributed by atoms with Crippen molar-refractivity contribution in [3.05, 3.63) is 0 Å². The fourth-order valence-corrected chi connectivity index (χ4v) is 0.854. The molecule has 0 N–H and O–H groups in total. The molecule has 0 aromatic heterocycles. The summed E-state index contributed by atoms with van der Waals surface area (Å²) >= 11 is 0. The Kier molecular flexibility index (Phi) is 15.4. The van der Waals surface area contributed by atoms with Gasteiger partial charge in [-0.25, -0.2) is 0 Å². The van der Waals surface area contributed by atoms with Gasteiger partial charge in [-0.1, -0.05) is 52.4 Å². The topological polar surface area (TPSA) is 0 Å². The van der Waals surface area contributed by atoms with E-state index in [0.29, 0.717) is 0 Å². The molecular weight excluding hydrogens is 155 g/mol. The van der Waals surface area contributed by atoms with Crippen LogP contribution in [0.4, 0.5) is 0 Å². The van der Waals surface area contributed by atoms with Gasteiger partial charge in [-0.05, 0) is 0 Å². The minimum atomic E-state index is 0. The van der Waals surface area contributed by atoms with Gasteiger partial charge in [0.05, 0.1) is 0 Å². The van der Waals surface area contributed by atoms with Crippen LogP contribution in [0.3, 0.4) is 0 Å². The van der Waals surface area contributed by atoms with Gasteiger partial charge in [0.2, 0.25) is 0 Å². The standard InChI is InChI=1S/C8H18.Co/c1-3-5-7-8-6-4-2;/h3-8H2,1-2H3;. The molecule has 0 rings (SSSR count). The van der Waals surface area contributed by atoms with Crippen LogP contribution in [-0.2, 0) is 16.8 Å². The first-order valence-electron chi connectivity index (χ1n) is 3.91. The maximum atomic E-state index is 2.26. The second-order valence-electron chi connectivity index (χ2n) is 2.41. The minimum absolute atomic E-state index is 0. The van der Waals surface area contributed by atoms with Crippen molar-refractivity contribution < 1.29 is 16.8 Å². The van der Waals surface area contributed by atoms with Crippen molar-refractivity contribution in [2.24, 2.45) is 0 Å². The molecule has 1 heteroatoms. The Morgan fingerprint density at radius 2 is 1.00 bits per heavy atom. The van der Waals surface area contributed by atoms with Crippen LogP contribution in [0.1, 0.15) is 52.4 Å². The average molecular weight is 173 g/mol. The summed E-state index contributed by atoms with van der Waals surface area (Å²) in [5.74, 6) is 0. The summed E-state index contributed by atoms with van der Waals surface area (Å²) in [6.07, 6.45) is 8.49. The van der Waals surface area contributed by atoms with Crippen molar-refractivity contribution in [1.82, 2.24) is 0 Å². The average Bonchev–Trinajstić information content (AvgIpc) is 1.81. The van der Waals surface area contributed by atoms with Crippen molar-refractivity contribution >= 4 is 0 Å². The number of hydrogen-bond donors (Lipinski definition) is 0. The van der Waals surface area contributed by atoms with E-state index < -0.39 is 0 Å². The van der Waals surface area contributed by atoms with Gasteiger partial charge in [0.1, 0.15) is 0 Å². The van der Waals surface area contributed by atoms with Crippen LogP contribution in [0.5, 0.6) is 0 Å². The second kappa shape index (κ2) is 11.3. The fourth-order valence-electron chi connectivity index (χ4n) is 0.854. The molecular formula is C8H18Co. The van der Waals surface area contributed by atoms with Crippen molar-refractivity contribution in [3.63, 3.8) is 0 Å². The number of hydrogen-bond acceptors (Lipinski definition) is 0. The molecule has 0 heterocycles. The first kappa shape index (κ1) is 12.2. The summed E-state index contributed by atoms with van der Waals surface area (Å²) < 4.78 is 0. The van der Waals surface area contributed by atoms with Crippen molar-refractivity contribution in [3.8, 4) is 0 Å². The summed E-state index contributed by atoms with van der Waals surface area (Å²) in [5.41, 5.74) is 0. The van der Waals surface area contributed by atoms with Gasteiger partial charge in [-0.15, -0.1) is 0 Å². The molecule has 0 atom stereocenters. The van der Waals surface area contributed by atoms with E-state index in [1.807, 2.05) is 0 Å². The van der Waals surface area contributed by atoms with Gasteiger partial charge in [-0.2, -0.15) is 0 Å². The molecule has 0 saturated carbocycles. The van der Waals surface area contributed by atoms with Gasteiger partial charge in [0.15, 0.2) is 0 Å². The summed E-state index contributed by atoms with van der Waals surface area (Å²) in [7, 11) is 0. The second-order valence-corrected chi connectivity index (χ2v) is 2.41. The van der Waals surface area contributed by atoms with Crippen molar-refractivity contribution in [1.29, 1.82) is 0 Å². The molecule has 0 fully saturated rings. The first-order valence-corrected chi connectivity index (χ1v) is 3.91. The number of unbranched alkanes of at least 4 members (excludes halogenated alkanes) is 5. The Bertz CT molecular complexity index is 29.5. The largest absolute Gasteiger partial charge is 0.0654 e. The van der Waals surface area contributed by atoms with Crippen molar-refractivity contribution in [2.45, 2.75) is 52.4 Å². The molecule has 0 aliphatic rings. The molecule has 0 aromatic carbocycles. The third kappa shape index (κ3) is 11.9. The van der Waals surface area contributed by atoms with E-state index in [0.717, 1.165) is 0 Å². The monoisotopic (exact) mass is 173 g/mol. The van der Waals surface area contributed by atoms with E-state index in [1.54, 1.807) is 0 Å². The van der Waals surface area contributed by atoms with E-state index >= 15 is 0 Å². The van der Waals surface area contributed by atoms with Gasteiger partial charge >= 0.3 is 0 Å². The van der Waals surface area contributed by atoms with Crippen LogP contribution in [-0.4, -0.2) is 0 Å². The first-order chi connectivity index (χ1) is 3.91. The van der Waals surface area contributed by atoms with Gasteiger partial charge < -0.3 is 0 Å².